The lowest BCUT2D eigenvalue weighted by Crippen LogP contribution is -2.34. The van der Waals surface area contributed by atoms with E-state index in [2.05, 4.69) is 5.32 Å². The molecule has 4 nitrogen and oxygen atoms in total. The molecule has 0 aliphatic carbocycles. The predicted molar refractivity (Wildman–Crippen MR) is 93.7 cm³/mol. The molecule has 0 amide bonds. The fourth-order valence-electron chi connectivity index (χ4n) is 2.94. The van der Waals surface area contributed by atoms with Crippen LogP contribution in [0.25, 0.3) is 10.8 Å². The second-order valence-corrected chi connectivity index (χ2v) is 5.65. The summed E-state index contributed by atoms with van der Waals surface area (Å²) >= 11 is 0. The summed E-state index contributed by atoms with van der Waals surface area (Å²) in [5.41, 5.74) is 1.54. The molecule has 0 aliphatic heterocycles. The van der Waals surface area contributed by atoms with Crippen LogP contribution < -0.4 is 5.32 Å². The predicted octanol–water partition coefficient (Wildman–Crippen LogP) is 3.29. The summed E-state index contributed by atoms with van der Waals surface area (Å²) in [7, 11) is 0. The van der Waals surface area contributed by atoms with Crippen LogP contribution in [0.15, 0.2) is 72.8 Å². The van der Waals surface area contributed by atoms with Crippen molar-refractivity contribution in [3.63, 3.8) is 0 Å². The second kappa shape index (κ2) is 7.25. The minimum Gasteiger partial charge on any atom is -0.480 e. The number of benzene rings is 3. The molecule has 0 heterocycles. The Bertz CT molecular complexity index is 827. The normalized spacial score (nSPS) is 13.5. The van der Waals surface area contributed by atoms with E-state index in [4.69, 9.17) is 0 Å². The number of aliphatic carboxylic acids is 1. The Kier molecular flexibility index (Phi) is 4.89. The van der Waals surface area contributed by atoms with Gasteiger partial charge >= 0.3 is 5.97 Å². The van der Waals surface area contributed by atoms with E-state index >= 15 is 0 Å². The quantitative estimate of drug-likeness (QED) is 0.651. The number of hydrogen-bond acceptors (Lipinski definition) is 3. The van der Waals surface area contributed by atoms with Gasteiger partial charge in [-0.25, -0.2) is 0 Å². The highest BCUT2D eigenvalue weighted by molar-refractivity contribution is 5.90. The molecule has 0 spiro atoms. The van der Waals surface area contributed by atoms with E-state index in [9.17, 15) is 15.0 Å². The molecule has 3 N–H and O–H groups in total. The van der Waals surface area contributed by atoms with Crippen molar-refractivity contribution in [2.24, 2.45) is 0 Å². The number of hydrogen-bond donors (Lipinski definition) is 3. The highest BCUT2D eigenvalue weighted by Crippen LogP contribution is 2.27. The fraction of sp³-hybridized carbons (Fsp3) is 0.150. The maximum absolute atomic E-state index is 11.9. The summed E-state index contributed by atoms with van der Waals surface area (Å²) in [5.74, 6) is -0.972. The molecule has 0 unspecified atom stereocenters. The van der Waals surface area contributed by atoms with Gasteiger partial charge < -0.3 is 10.2 Å². The second-order valence-electron chi connectivity index (χ2n) is 5.65. The standard InChI is InChI=1S/C20H19NO3/c22-13-18(15-8-2-1-3-9-15)21-19(20(23)24)17-12-6-10-14-7-4-5-11-16(14)17/h1-12,18-19,21-22H,13H2,(H,23,24)/t18-,19-/m0/s1. The molecule has 3 aromatic rings. The summed E-state index contributed by atoms with van der Waals surface area (Å²) in [5, 5.41) is 24.4. The maximum atomic E-state index is 11.9. The first-order valence-corrected chi connectivity index (χ1v) is 7.83. The number of fused-ring (bicyclic) bond motifs is 1. The Balaban J connectivity index is 1.99. The van der Waals surface area contributed by atoms with E-state index in [1.165, 1.54) is 0 Å². The van der Waals surface area contributed by atoms with Gasteiger partial charge in [-0.15, -0.1) is 0 Å². The summed E-state index contributed by atoms with van der Waals surface area (Å²) < 4.78 is 0. The summed E-state index contributed by atoms with van der Waals surface area (Å²) in [6.07, 6.45) is 0. The Morgan fingerprint density at radius 2 is 1.58 bits per heavy atom. The Morgan fingerprint density at radius 1 is 0.917 bits per heavy atom. The molecule has 24 heavy (non-hydrogen) atoms. The molecule has 0 saturated heterocycles. The topological polar surface area (TPSA) is 69.6 Å². The molecule has 3 aromatic carbocycles. The molecule has 0 saturated carbocycles. The van der Waals surface area contributed by atoms with Crippen molar-refractivity contribution in [3.05, 3.63) is 83.9 Å². The van der Waals surface area contributed by atoms with Gasteiger partial charge in [0.05, 0.1) is 12.6 Å². The van der Waals surface area contributed by atoms with Crippen molar-refractivity contribution in [1.29, 1.82) is 0 Å². The average Bonchev–Trinajstić information content (AvgIpc) is 2.63. The number of carboxylic acids is 1. The van der Waals surface area contributed by atoms with Crippen LogP contribution in [0, 0.1) is 0 Å². The van der Waals surface area contributed by atoms with Crippen LogP contribution in [-0.4, -0.2) is 22.8 Å². The Labute approximate surface area is 140 Å². The van der Waals surface area contributed by atoms with Crippen LogP contribution in [0.5, 0.6) is 0 Å². The Hall–Kier alpha value is -2.69. The minimum absolute atomic E-state index is 0.182. The number of aliphatic hydroxyl groups is 1. The first-order chi connectivity index (χ1) is 11.7. The van der Waals surface area contributed by atoms with E-state index in [-0.39, 0.29) is 6.61 Å². The third-order valence-corrected chi connectivity index (χ3v) is 4.13. The zero-order valence-corrected chi connectivity index (χ0v) is 13.1. The summed E-state index contributed by atoms with van der Waals surface area (Å²) in [6.45, 7) is -0.182. The first-order valence-electron chi connectivity index (χ1n) is 7.83. The summed E-state index contributed by atoms with van der Waals surface area (Å²) in [4.78, 5) is 11.9. The van der Waals surface area contributed by atoms with E-state index in [1.807, 2.05) is 72.8 Å². The molecule has 2 atom stereocenters. The van der Waals surface area contributed by atoms with Crippen molar-refractivity contribution in [3.8, 4) is 0 Å². The van der Waals surface area contributed by atoms with E-state index in [0.717, 1.165) is 16.3 Å². The third-order valence-electron chi connectivity index (χ3n) is 4.13. The van der Waals surface area contributed by atoms with Crippen LogP contribution in [0.1, 0.15) is 23.2 Å². The zero-order chi connectivity index (χ0) is 16.9. The fourth-order valence-corrected chi connectivity index (χ4v) is 2.94. The first kappa shape index (κ1) is 16.2. The molecule has 0 radical (unpaired) electrons. The van der Waals surface area contributed by atoms with Crippen LogP contribution >= 0.6 is 0 Å². The van der Waals surface area contributed by atoms with Gasteiger partial charge in [-0.05, 0) is 21.9 Å². The van der Waals surface area contributed by atoms with Crippen molar-refractivity contribution in [2.45, 2.75) is 12.1 Å². The van der Waals surface area contributed by atoms with Gasteiger partial charge in [-0.1, -0.05) is 72.8 Å². The van der Waals surface area contributed by atoms with Crippen molar-refractivity contribution in [2.75, 3.05) is 6.61 Å². The maximum Gasteiger partial charge on any atom is 0.325 e. The average molecular weight is 321 g/mol. The lowest BCUT2D eigenvalue weighted by atomic mass is 9.97. The molecule has 0 aliphatic rings. The number of nitrogens with one attached hydrogen (secondary N) is 1. The lowest BCUT2D eigenvalue weighted by molar-refractivity contribution is -0.140. The SMILES string of the molecule is O=C(O)[C@@H](N[C@@H](CO)c1ccccc1)c1cccc2ccccc12. The van der Waals surface area contributed by atoms with Gasteiger partial charge in [-0.2, -0.15) is 0 Å². The highest BCUT2D eigenvalue weighted by Gasteiger charge is 2.25. The highest BCUT2D eigenvalue weighted by atomic mass is 16.4. The largest absolute Gasteiger partial charge is 0.480 e. The van der Waals surface area contributed by atoms with Crippen LogP contribution in [-0.2, 0) is 4.79 Å². The van der Waals surface area contributed by atoms with E-state index < -0.39 is 18.1 Å². The van der Waals surface area contributed by atoms with Gasteiger partial charge in [0.2, 0.25) is 0 Å². The number of carboxylic acid groups (broad SMARTS) is 1. The van der Waals surface area contributed by atoms with Crippen LogP contribution in [0.4, 0.5) is 0 Å². The van der Waals surface area contributed by atoms with Gasteiger partial charge in [0, 0.05) is 0 Å². The number of aliphatic hydroxyl groups excluding tert-OH is 1. The van der Waals surface area contributed by atoms with Crippen LogP contribution in [0.2, 0.25) is 0 Å². The minimum atomic E-state index is -0.972. The van der Waals surface area contributed by atoms with Crippen LogP contribution in [0.3, 0.4) is 0 Å². The summed E-state index contributed by atoms with van der Waals surface area (Å²) in [6, 6.07) is 21.3. The number of carbonyl (C=O) groups is 1. The van der Waals surface area contributed by atoms with Gasteiger partial charge in [0.25, 0.3) is 0 Å². The van der Waals surface area contributed by atoms with Crippen molar-refractivity contribution in [1.82, 2.24) is 5.32 Å². The Morgan fingerprint density at radius 3 is 2.29 bits per heavy atom. The molecule has 3 rings (SSSR count). The lowest BCUT2D eigenvalue weighted by Gasteiger charge is -2.23. The molecular weight excluding hydrogens is 302 g/mol. The monoisotopic (exact) mass is 321 g/mol. The van der Waals surface area contributed by atoms with Gasteiger partial charge in [0.15, 0.2) is 0 Å². The van der Waals surface area contributed by atoms with Gasteiger partial charge in [-0.3, -0.25) is 10.1 Å². The third kappa shape index (κ3) is 3.30. The van der Waals surface area contributed by atoms with Gasteiger partial charge in [0.1, 0.15) is 6.04 Å². The number of rotatable bonds is 6. The molecule has 0 bridgehead atoms. The van der Waals surface area contributed by atoms with E-state index in [1.54, 1.807) is 0 Å². The smallest absolute Gasteiger partial charge is 0.325 e. The molecule has 4 heteroatoms. The molecule has 0 aromatic heterocycles. The van der Waals surface area contributed by atoms with Crippen molar-refractivity contribution < 1.29 is 15.0 Å². The van der Waals surface area contributed by atoms with Crippen molar-refractivity contribution >= 4 is 16.7 Å². The molecule has 122 valence electrons. The molecule has 0 fully saturated rings. The zero-order valence-electron chi connectivity index (χ0n) is 13.1. The molecular formula is C20H19NO3. The van der Waals surface area contributed by atoms with E-state index in [0.29, 0.717) is 5.56 Å².